The van der Waals surface area contributed by atoms with Crippen molar-refractivity contribution in [2.24, 2.45) is 0 Å². The van der Waals surface area contributed by atoms with Gasteiger partial charge in [0.1, 0.15) is 17.6 Å². The minimum absolute atomic E-state index is 0.246. The predicted octanol–water partition coefficient (Wildman–Crippen LogP) is 3.46. The normalized spacial score (nSPS) is 18.2. The number of hydrogen-bond acceptors (Lipinski definition) is 4. The Labute approximate surface area is 178 Å². The summed E-state index contributed by atoms with van der Waals surface area (Å²) in [5, 5.41) is 11.4. The van der Waals surface area contributed by atoms with Crippen LogP contribution in [-0.2, 0) is 4.74 Å². The van der Waals surface area contributed by atoms with Gasteiger partial charge in [0.25, 0.3) is 5.91 Å². The molecule has 0 bridgehead atoms. The Morgan fingerprint density at radius 2 is 1.94 bits per heavy atom. The number of halogens is 1. The Morgan fingerprint density at radius 1 is 1.06 bits per heavy atom. The van der Waals surface area contributed by atoms with Crippen molar-refractivity contribution in [3.8, 4) is 11.4 Å². The molecule has 156 valence electrons. The van der Waals surface area contributed by atoms with E-state index in [2.05, 4.69) is 15.5 Å². The lowest BCUT2D eigenvalue weighted by molar-refractivity contribution is 0.0798. The average Bonchev–Trinajstić information content (AvgIpc) is 3.55. The van der Waals surface area contributed by atoms with Crippen molar-refractivity contribution in [3.05, 3.63) is 96.3 Å². The highest BCUT2D eigenvalue weighted by Crippen LogP contribution is 2.30. The quantitative estimate of drug-likeness (QED) is 0.540. The van der Waals surface area contributed by atoms with Crippen LogP contribution < -0.4 is 5.32 Å². The number of amides is 1. The van der Waals surface area contributed by atoms with Gasteiger partial charge in [0.2, 0.25) is 0 Å². The molecule has 1 aliphatic rings. The van der Waals surface area contributed by atoms with Crippen LogP contribution in [0.4, 0.5) is 4.39 Å². The van der Waals surface area contributed by atoms with Gasteiger partial charge >= 0.3 is 0 Å². The Bertz CT molecular complexity index is 1190. The molecule has 7 nitrogen and oxygen atoms in total. The highest BCUT2D eigenvalue weighted by molar-refractivity contribution is 5.94. The van der Waals surface area contributed by atoms with Gasteiger partial charge in [0, 0.05) is 30.8 Å². The molecular weight excluding hydrogens is 397 g/mol. The van der Waals surface area contributed by atoms with E-state index in [0.717, 1.165) is 11.4 Å². The lowest BCUT2D eigenvalue weighted by atomic mass is 10.1. The molecule has 1 saturated heterocycles. The summed E-state index contributed by atoms with van der Waals surface area (Å²) in [4.78, 5) is 12.8. The van der Waals surface area contributed by atoms with E-state index in [-0.39, 0.29) is 29.3 Å². The van der Waals surface area contributed by atoms with E-state index in [4.69, 9.17) is 4.74 Å². The number of nitrogens with one attached hydrogen (secondary N) is 1. The van der Waals surface area contributed by atoms with Crippen LogP contribution in [0, 0.1) is 5.82 Å². The first-order valence-electron chi connectivity index (χ1n) is 10.0. The molecule has 1 N–H and O–H groups in total. The van der Waals surface area contributed by atoms with Crippen molar-refractivity contribution in [1.29, 1.82) is 0 Å². The van der Waals surface area contributed by atoms with E-state index >= 15 is 0 Å². The number of para-hydroxylation sites is 1. The van der Waals surface area contributed by atoms with Crippen molar-refractivity contribution in [2.75, 3.05) is 6.61 Å². The minimum Gasteiger partial charge on any atom is -0.370 e. The van der Waals surface area contributed by atoms with Crippen LogP contribution in [-0.4, -0.2) is 38.1 Å². The minimum atomic E-state index is -0.516. The van der Waals surface area contributed by atoms with E-state index in [1.807, 2.05) is 41.1 Å². The Kier molecular flexibility index (Phi) is 5.05. The fraction of sp³-hybridized carbons (Fsp3) is 0.174. The van der Waals surface area contributed by atoms with Crippen LogP contribution >= 0.6 is 0 Å². The van der Waals surface area contributed by atoms with Crippen molar-refractivity contribution >= 4 is 5.91 Å². The summed E-state index contributed by atoms with van der Waals surface area (Å²) in [7, 11) is 0. The molecule has 5 rings (SSSR count). The molecule has 4 aromatic rings. The van der Waals surface area contributed by atoms with E-state index in [0.29, 0.717) is 13.0 Å². The van der Waals surface area contributed by atoms with Gasteiger partial charge in [-0.1, -0.05) is 18.2 Å². The van der Waals surface area contributed by atoms with Crippen LogP contribution in [0.15, 0.2) is 79.3 Å². The second-order valence-corrected chi connectivity index (χ2v) is 7.28. The fourth-order valence-electron chi connectivity index (χ4n) is 3.84. The van der Waals surface area contributed by atoms with Crippen LogP contribution in [0.25, 0.3) is 11.4 Å². The first-order chi connectivity index (χ1) is 15.2. The summed E-state index contributed by atoms with van der Waals surface area (Å²) >= 11 is 0. The molecule has 2 atom stereocenters. The number of hydrogen-bond donors (Lipinski definition) is 1. The first kappa shape index (κ1) is 19.2. The second-order valence-electron chi connectivity index (χ2n) is 7.28. The number of carbonyl (C=O) groups excluding carboxylic acids is 1. The van der Waals surface area contributed by atoms with Crippen LogP contribution in [0.3, 0.4) is 0 Å². The molecule has 0 aliphatic carbocycles. The maximum absolute atomic E-state index is 14.6. The zero-order valence-electron chi connectivity index (χ0n) is 16.6. The molecule has 1 amide bonds. The molecule has 0 radical (unpaired) electrons. The van der Waals surface area contributed by atoms with E-state index in [9.17, 15) is 9.18 Å². The van der Waals surface area contributed by atoms with Gasteiger partial charge < -0.3 is 10.1 Å². The second kappa shape index (κ2) is 8.16. The summed E-state index contributed by atoms with van der Waals surface area (Å²) in [6, 6.07) is 17.5. The standard InChI is InChI=1S/C23H20FN5O2/c24-18-15-16(7-8-20(18)28-13-4-11-25-28)23(30)27-19-10-14-31-22(19)21-9-12-26-29(21)17-5-2-1-3-6-17/h1-9,11-13,15,19,22H,10,14H2,(H,27,30)/t19-,22-/m1/s1. The van der Waals surface area contributed by atoms with Gasteiger partial charge in [-0.2, -0.15) is 10.2 Å². The summed E-state index contributed by atoms with van der Waals surface area (Å²) in [6.07, 6.45) is 5.24. The first-order valence-corrected chi connectivity index (χ1v) is 10.0. The maximum Gasteiger partial charge on any atom is 0.251 e. The number of benzene rings is 2. The van der Waals surface area contributed by atoms with Gasteiger partial charge in [-0.3, -0.25) is 4.79 Å². The van der Waals surface area contributed by atoms with Crippen LogP contribution in [0.5, 0.6) is 0 Å². The number of aromatic nitrogens is 4. The van der Waals surface area contributed by atoms with Gasteiger partial charge in [-0.05, 0) is 48.9 Å². The molecule has 0 spiro atoms. The van der Waals surface area contributed by atoms with Gasteiger partial charge in [-0.25, -0.2) is 13.8 Å². The lowest BCUT2D eigenvalue weighted by Crippen LogP contribution is -2.37. The Balaban J connectivity index is 1.35. The number of nitrogens with zero attached hydrogens (tertiary/aromatic N) is 4. The number of ether oxygens (including phenoxy) is 1. The number of carbonyl (C=O) groups is 1. The molecular formula is C23H20FN5O2. The molecule has 0 saturated carbocycles. The summed E-state index contributed by atoms with van der Waals surface area (Å²) < 4.78 is 23.7. The van der Waals surface area contributed by atoms with Crippen molar-refractivity contribution < 1.29 is 13.9 Å². The van der Waals surface area contributed by atoms with E-state index in [1.165, 1.54) is 10.7 Å². The topological polar surface area (TPSA) is 74.0 Å². The van der Waals surface area contributed by atoms with Crippen LogP contribution in [0.1, 0.15) is 28.6 Å². The molecule has 2 aromatic heterocycles. The van der Waals surface area contributed by atoms with E-state index in [1.54, 1.807) is 36.8 Å². The van der Waals surface area contributed by atoms with Gasteiger partial charge in [-0.15, -0.1) is 0 Å². The molecule has 1 fully saturated rings. The fourth-order valence-corrected chi connectivity index (χ4v) is 3.84. The SMILES string of the molecule is O=C(N[C@@H]1CCO[C@H]1c1ccnn1-c1ccccc1)c1ccc(-n2cccn2)c(F)c1. The average molecular weight is 417 g/mol. The van der Waals surface area contributed by atoms with Crippen molar-refractivity contribution in [1.82, 2.24) is 24.9 Å². The molecule has 0 unspecified atom stereocenters. The van der Waals surface area contributed by atoms with Crippen LogP contribution in [0.2, 0.25) is 0 Å². The molecule has 3 heterocycles. The molecule has 1 aliphatic heterocycles. The van der Waals surface area contributed by atoms with Crippen molar-refractivity contribution in [3.63, 3.8) is 0 Å². The zero-order valence-corrected chi connectivity index (χ0v) is 16.6. The van der Waals surface area contributed by atoms with E-state index < -0.39 is 5.82 Å². The molecule has 8 heteroatoms. The Hall–Kier alpha value is -3.78. The highest BCUT2D eigenvalue weighted by atomic mass is 19.1. The predicted molar refractivity (Wildman–Crippen MR) is 112 cm³/mol. The summed E-state index contributed by atoms with van der Waals surface area (Å²) in [5.74, 6) is -0.866. The van der Waals surface area contributed by atoms with Gasteiger partial charge in [0.15, 0.2) is 0 Å². The van der Waals surface area contributed by atoms with Gasteiger partial charge in [0.05, 0.1) is 17.4 Å². The molecule has 2 aromatic carbocycles. The smallest absolute Gasteiger partial charge is 0.251 e. The zero-order chi connectivity index (χ0) is 21.2. The molecule has 31 heavy (non-hydrogen) atoms. The number of rotatable bonds is 5. The monoisotopic (exact) mass is 417 g/mol. The Morgan fingerprint density at radius 3 is 2.71 bits per heavy atom. The third kappa shape index (κ3) is 3.73. The maximum atomic E-state index is 14.6. The third-order valence-electron chi connectivity index (χ3n) is 5.33. The summed E-state index contributed by atoms with van der Waals surface area (Å²) in [6.45, 7) is 0.516. The van der Waals surface area contributed by atoms with Crippen molar-refractivity contribution in [2.45, 2.75) is 18.6 Å². The summed E-state index contributed by atoms with van der Waals surface area (Å²) in [5.41, 5.74) is 2.31. The largest absolute Gasteiger partial charge is 0.370 e. The highest BCUT2D eigenvalue weighted by Gasteiger charge is 2.33. The third-order valence-corrected chi connectivity index (χ3v) is 5.33. The lowest BCUT2D eigenvalue weighted by Gasteiger charge is -2.21.